The van der Waals surface area contributed by atoms with Gasteiger partial charge in [-0.15, -0.1) is 0 Å². The largest absolute Gasteiger partial charge is 0.0804 e. The number of allylic oxidation sites excluding steroid dienone is 8. The molecule has 16 heavy (non-hydrogen) atoms. The van der Waals surface area contributed by atoms with Gasteiger partial charge in [0.05, 0.1) is 0 Å². The van der Waals surface area contributed by atoms with Crippen molar-refractivity contribution >= 4 is 0 Å². The first kappa shape index (κ1) is 10.1. The van der Waals surface area contributed by atoms with Crippen LogP contribution in [0.25, 0.3) is 0 Å². The summed E-state index contributed by atoms with van der Waals surface area (Å²) >= 11 is 0. The minimum atomic E-state index is 0.865. The van der Waals surface area contributed by atoms with Crippen molar-refractivity contribution in [3.63, 3.8) is 0 Å². The third kappa shape index (κ3) is 1.81. The molecule has 0 radical (unpaired) electrons. The topological polar surface area (TPSA) is 0 Å². The van der Waals surface area contributed by atoms with E-state index in [0.29, 0.717) is 0 Å². The molecule has 0 heteroatoms. The quantitative estimate of drug-likeness (QED) is 0.590. The third-order valence-corrected chi connectivity index (χ3v) is 4.18. The summed E-state index contributed by atoms with van der Waals surface area (Å²) in [6.45, 7) is 0. The van der Waals surface area contributed by atoms with Crippen molar-refractivity contribution in [1.82, 2.24) is 0 Å². The highest BCUT2D eigenvalue weighted by molar-refractivity contribution is 5.52. The predicted octanol–water partition coefficient (Wildman–Crippen LogP) is 4.71. The Bertz CT molecular complexity index is 384. The molecule has 0 saturated heterocycles. The van der Waals surface area contributed by atoms with Crippen molar-refractivity contribution in [2.24, 2.45) is 5.92 Å². The summed E-state index contributed by atoms with van der Waals surface area (Å²) in [5, 5.41) is 0. The molecule has 0 spiro atoms. The number of hydrogen-bond donors (Lipinski definition) is 0. The molecule has 0 aromatic rings. The van der Waals surface area contributed by atoms with E-state index < -0.39 is 0 Å². The first-order chi connectivity index (χ1) is 7.95. The molecule has 3 aliphatic carbocycles. The molecule has 0 bridgehead atoms. The van der Waals surface area contributed by atoms with E-state index in [2.05, 4.69) is 30.4 Å². The Hall–Kier alpha value is -1.04. The van der Waals surface area contributed by atoms with Gasteiger partial charge in [0.15, 0.2) is 0 Å². The second kappa shape index (κ2) is 4.45. The van der Waals surface area contributed by atoms with Crippen LogP contribution in [0.4, 0.5) is 0 Å². The maximum Gasteiger partial charge on any atom is -0.0120 e. The Morgan fingerprint density at radius 3 is 2.69 bits per heavy atom. The number of hydrogen-bond acceptors (Lipinski definition) is 0. The second-order valence-electron chi connectivity index (χ2n) is 5.21. The van der Waals surface area contributed by atoms with E-state index in [0.717, 1.165) is 12.3 Å². The Labute approximate surface area is 98.4 Å². The SMILES string of the molecule is C1=CCC2=C(C=C1)C(C1CCCCC1)=CC2. The lowest BCUT2D eigenvalue weighted by Gasteiger charge is -2.24. The molecule has 0 atom stereocenters. The van der Waals surface area contributed by atoms with Crippen LogP contribution in [0.15, 0.2) is 47.1 Å². The summed E-state index contributed by atoms with van der Waals surface area (Å²) in [6.07, 6.45) is 21.1. The van der Waals surface area contributed by atoms with Crippen LogP contribution >= 0.6 is 0 Å². The fraction of sp³-hybridized carbons (Fsp3) is 0.500. The summed E-state index contributed by atoms with van der Waals surface area (Å²) in [6, 6.07) is 0. The highest BCUT2D eigenvalue weighted by Crippen LogP contribution is 2.40. The second-order valence-corrected chi connectivity index (χ2v) is 5.21. The Kier molecular flexibility index (Phi) is 2.82. The average molecular weight is 212 g/mol. The predicted molar refractivity (Wildman–Crippen MR) is 69.2 cm³/mol. The summed E-state index contributed by atoms with van der Waals surface area (Å²) in [7, 11) is 0. The summed E-state index contributed by atoms with van der Waals surface area (Å²) < 4.78 is 0. The van der Waals surface area contributed by atoms with Gasteiger partial charge in [0, 0.05) is 0 Å². The lowest BCUT2D eigenvalue weighted by atomic mass is 9.81. The van der Waals surface area contributed by atoms with Crippen LogP contribution in [-0.2, 0) is 0 Å². The monoisotopic (exact) mass is 212 g/mol. The van der Waals surface area contributed by atoms with Crippen molar-refractivity contribution in [2.45, 2.75) is 44.9 Å². The molecule has 0 heterocycles. The van der Waals surface area contributed by atoms with Gasteiger partial charge in [-0.2, -0.15) is 0 Å². The zero-order valence-electron chi connectivity index (χ0n) is 9.91. The fourth-order valence-corrected chi connectivity index (χ4v) is 3.31. The average Bonchev–Trinajstić information content (AvgIpc) is 2.60. The maximum atomic E-state index is 2.50. The van der Waals surface area contributed by atoms with Crippen LogP contribution in [0.3, 0.4) is 0 Å². The van der Waals surface area contributed by atoms with Crippen molar-refractivity contribution < 1.29 is 0 Å². The van der Waals surface area contributed by atoms with E-state index in [1.165, 1.54) is 38.5 Å². The molecule has 0 nitrogen and oxygen atoms in total. The molecule has 0 aliphatic heterocycles. The molecular weight excluding hydrogens is 192 g/mol. The normalized spacial score (nSPS) is 25.6. The van der Waals surface area contributed by atoms with Gasteiger partial charge >= 0.3 is 0 Å². The van der Waals surface area contributed by atoms with Gasteiger partial charge in [0.2, 0.25) is 0 Å². The zero-order valence-corrected chi connectivity index (χ0v) is 9.91. The molecule has 3 aliphatic rings. The van der Waals surface area contributed by atoms with Gasteiger partial charge in [0.1, 0.15) is 0 Å². The van der Waals surface area contributed by atoms with E-state index >= 15 is 0 Å². The van der Waals surface area contributed by atoms with Gasteiger partial charge in [0.25, 0.3) is 0 Å². The Morgan fingerprint density at radius 1 is 0.938 bits per heavy atom. The molecular formula is C16H20. The molecule has 84 valence electrons. The highest BCUT2D eigenvalue weighted by Gasteiger charge is 2.24. The van der Waals surface area contributed by atoms with Crippen molar-refractivity contribution in [3.05, 3.63) is 47.1 Å². The minimum Gasteiger partial charge on any atom is -0.0804 e. The fourth-order valence-electron chi connectivity index (χ4n) is 3.31. The first-order valence-electron chi connectivity index (χ1n) is 6.71. The molecule has 0 N–H and O–H groups in total. The van der Waals surface area contributed by atoms with Crippen LogP contribution in [0.2, 0.25) is 0 Å². The van der Waals surface area contributed by atoms with Gasteiger partial charge in [-0.05, 0) is 42.7 Å². The first-order valence-corrected chi connectivity index (χ1v) is 6.71. The highest BCUT2D eigenvalue weighted by atomic mass is 14.3. The van der Waals surface area contributed by atoms with Crippen LogP contribution in [0.1, 0.15) is 44.9 Å². The van der Waals surface area contributed by atoms with Gasteiger partial charge in [-0.3, -0.25) is 0 Å². The van der Waals surface area contributed by atoms with E-state index in [1.54, 1.807) is 16.7 Å². The van der Waals surface area contributed by atoms with Gasteiger partial charge < -0.3 is 0 Å². The van der Waals surface area contributed by atoms with Crippen molar-refractivity contribution in [3.8, 4) is 0 Å². The molecule has 1 fully saturated rings. The van der Waals surface area contributed by atoms with Crippen molar-refractivity contribution in [1.29, 1.82) is 0 Å². The van der Waals surface area contributed by atoms with Gasteiger partial charge in [-0.1, -0.05) is 55.2 Å². The Balaban J connectivity index is 1.83. The lowest BCUT2D eigenvalue weighted by molar-refractivity contribution is 0.407. The molecule has 0 amide bonds. The van der Waals surface area contributed by atoms with Crippen LogP contribution in [-0.4, -0.2) is 0 Å². The summed E-state index contributed by atoms with van der Waals surface area (Å²) in [4.78, 5) is 0. The lowest BCUT2D eigenvalue weighted by Crippen LogP contribution is -2.09. The molecule has 0 aromatic heterocycles. The standard InChI is InChI=1S/C16H20/c1-3-7-13(8-4-1)16-12-11-14-9-5-2-6-10-15(14)16/h2,5-6,10,12-13H,1,3-4,7-9,11H2. The summed E-state index contributed by atoms with van der Waals surface area (Å²) in [5.74, 6) is 0.865. The molecule has 0 aromatic carbocycles. The smallest absolute Gasteiger partial charge is 0.0120 e. The number of rotatable bonds is 1. The van der Waals surface area contributed by atoms with Gasteiger partial charge in [-0.25, -0.2) is 0 Å². The minimum absolute atomic E-state index is 0.865. The van der Waals surface area contributed by atoms with E-state index in [1.807, 2.05) is 0 Å². The van der Waals surface area contributed by atoms with Crippen LogP contribution in [0, 0.1) is 5.92 Å². The summed E-state index contributed by atoms with van der Waals surface area (Å²) in [5.41, 5.74) is 4.90. The van der Waals surface area contributed by atoms with E-state index in [4.69, 9.17) is 0 Å². The van der Waals surface area contributed by atoms with Crippen LogP contribution < -0.4 is 0 Å². The maximum absolute atomic E-state index is 2.50. The van der Waals surface area contributed by atoms with Crippen LogP contribution in [0.5, 0.6) is 0 Å². The molecule has 3 rings (SSSR count). The Morgan fingerprint density at radius 2 is 1.81 bits per heavy atom. The molecule has 1 saturated carbocycles. The zero-order chi connectivity index (χ0) is 10.8. The molecule has 0 unspecified atom stereocenters. The van der Waals surface area contributed by atoms with E-state index in [-0.39, 0.29) is 0 Å². The van der Waals surface area contributed by atoms with Crippen molar-refractivity contribution in [2.75, 3.05) is 0 Å². The van der Waals surface area contributed by atoms with E-state index in [9.17, 15) is 0 Å². The third-order valence-electron chi connectivity index (χ3n) is 4.18.